The van der Waals surface area contributed by atoms with Crippen LogP contribution in [-0.2, 0) is 13.0 Å². The highest BCUT2D eigenvalue weighted by molar-refractivity contribution is 6.04. The fourth-order valence-electron chi connectivity index (χ4n) is 4.93. The van der Waals surface area contributed by atoms with Gasteiger partial charge in [-0.1, -0.05) is 12.1 Å². The lowest BCUT2D eigenvalue weighted by Gasteiger charge is -2.31. The highest BCUT2D eigenvalue weighted by atomic mass is 16.5. The first-order chi connectivity index (χ1) is 14.6. The minimum absolute atomic E-state index is 0.180. The summed E-state index contributed by atoms with van der Waals surface area (Å²) in [6, 6.07) is 14.7. The van der Waals surface area contributed by atoms with Gasteiger partial charge in [-0.3, -0.25) is 4.79 Å². The van der Waals surface area contributed by atoms with Crippen LogP contribution in [0.15, 0.2) is 42.5 Å². The summed E-state index contributed by atoms with van der Waals surface area (Å²) in [6.45, 7) is 2.43. The molecule has 30 heavy (non-hydrogen) atoms. The van der Waals surface area contributed by atoms with E-state index in [-0.39, 0.29) is 11.9 Å². The smallest absolute Gasteiger partial charge is 0.179 e. The lowest BCUT2D eigenvalue weighted by Crippen LogP contribution is -2.35. The van der Waals surface area contributed by atoms with Crippen LogP contribution in [0.1, 0.15) is 47.3 Å². The van der Waals surface area contributed by atoms with Crippen molar-refractivity contribution in [2.75, 3.05) is 25.1 Å². The molecule has 3 aromatic rings. The number of hydrogen-bond donors (Lipinski definition) is 1. The number of ketones is 1. The van der Waals surface area contributed by atoms with Gasteiger partial charge in [0.15, 0.2) is 5.78 Å². The van der Waals surface area contributed by atoms with Crippen LogP contribution in [-0.4, -0.2) is 41.8 Å². The highest BCUT2D eigenvalue weighted by Crippen LogP contribution is 2.35. The van der Waals surface area contributed by atoms with E-state index < -0.39 is 0 Å². The SMILES string of the molecule is COc1ccc(Cn2c3c(c4cc(N5CCC(O)CC5)ccc42)CCCC3=O)cc1. The summed E-state index contributed by atoms with van der Waals surface area (Å²) < 4.78 is 7.48. The van der Waals surface area contributed by atoms with Gasteiger partial charge in [0, 0.05) is 42.6 Å². The van der Waals surface area contributed by atoms with Crippen LogP contribution in [0, 0.1) is 0 Å². The van der Waals surface area contributed by atoms with Crippen LogP contribution < -0.4 is 9.64 Å². The first-order valence-electron chi connectivity index (χ1n) is 10.9. The van der Waals surface area contributed by atoms with E-state index in [1.165, 1.54) is 16.6 Å². The molecule has 2 aliphatic rings. The molecule has 0 saturated carbocycles. The molecule has 1 N–H and O–H groups in total. The Bertz CT molecular complexity index is 1080. The molecule has 1 fully saturated rings. The summed E-state index contributed by atoms with van der Waals surface area (Å²) in [6.07, 6.45) is 3.95. The zero-order valence-corrected chi connectivity index (χ0v) is 17.4. The lowest BCUT2D eigenvalue weighted by atomic mass is 9.94. The van der Waals surface area contributed by atoms with Crippen molar-refractivity contribution in [3.05, 3.63) is 59.3 Å². The number of anilines is 1. The number of ether oxygens (including phenoxy) is 1. The average molecular weight is 405 g/mol. The lowest BCUT2D eigenvalue weighted by molar-refractivity contribution is 0.0964. The van der Waals surface area contributed by atoms with E-state index in [9.17, 15) is 9.90 Å². The molecule has 2 heterocycles. The van der Waals surface area contributed by atoms with Gasteiger partial charge in [0.2, 0.25) is 0 Å². The highest BCUT2D eigenvalue weighted by Gasteiger charge is 2.27. The maximum atomic E-state index is 12.9. The number of fused-ring (bicyclic) bond motifs is 3. The number of benzene rings is 2. The molecule has 5 nitrogen and oxygen atoms in total. The second-order valence-electron chi connectivity index (χ2n) is 8.46. The number of aliphatic hydroxyl groups excluding tert-OH is 1. The third kappa shape index (κ3) is 3.37. The molecule has 0 unspecified atom stereocenters. The van der Waals surface area contributed by atoms with Crippen LogP contribution in [0.2, 0.25) is 0 Å². The van der Waals surface area contributed by atoms with E-state index >= 15 is 0 Å². The molecule has 0 atom stereocenters. The molecule has 0 amide bonds. The Hall–Kier alpha value is -2.79. The molecule has 0 bridgehead atoms. The predicted octanol–water partition coefficient (Wildman–Crippen LogP) is 4.18. The summed E-state index contributed by atoms with van der Waals surface area (Å²) in [4.78, 5) is 15.3. The molecular formula is C25H28N2O3. The Morgan fingerprint density at radius 2 is 1.83 bits per heavy atom. The van der Waals surface area contributed by atoms with Crippen molar-refractivity contribution in [2.24, 2.45) is 0 Å². The van der Waals surface area contributed by atoms with E-state index in [1.807, 2.05) is 12.1 Å². The number of hydrogen-bond acceptors (Lipinski definition) is 4. The fourth-order valence-corrected chi connectivity index (χ4v) is 4.93. The van der Waals surface area contributed by atoms with Crippen LogP contribution in [0.4, 0.5) is 5.69 Å². The van der Waals surface area contributed by atoms with Crippen LogP contribution >= 0.6 is 0 Å². The van der Waals surface area contributed by atoms with Gasteiger partial charge in [0.25, 0.3) is 0 Å². The number of piperidine rings is 1. The maximum absolute atomic E-state index is 12.9. The van der Waals surface area contributed by atoms with Gasteiger partial charge in [-0.15, -0.1) is 0 Å². The van der Waals surface area contributed by atoms with E-state index in [2.05, 4.69) is 39.8 Å². The monoisotopic (exact) mass is 404 g/mol. The Morgan fingerprint density at radius 3 is 2.57 bits per heavy atom. The molecule has 1 aliphatic heterocycles. The van der Waals surface area contributed by atoms with Crippen molar-refractivity contribution in [3.8, 4) is 5.75 Å². The molecule has 0 spiro atoms. The maximum Gasteiger partial charge on any atom is 0.179 e. The zero-order chi connectivity index (χ0) is 20.7. The molecular weight excluding hydrogens is 376 g/mol. The van der Waals surface area contributed by atoms with Gasteiger partial charge < -0.3 is 19.3 Å². The second kappa shape index (κ2) is 7.80. The van der Waals surface area contributed by atoms with Crippen LogP contribution in [0.25, 0.3) is 10.9 Å². The molecule has 2 aromatic carbocycles. The number of aryl methyl sites for hydroxylation is 1. The topological polar surface area (TPSA) is 54.7 Å². The molecule has 5 rings (SSSR count). The zero-order valence-electron chi connectivity index (χ0n) is 17.4. The van der Waals surface area contributed by atoms with E-state index in [4.69, 9.17) is 4.74 Å². The van der Waals surface area contributed by atoms with Crippen LogP contribution in [0.5, 0.6) is 5.75 Å². The summed E-state index contributed by atoms with van der Waals surface area (Å²) in [5, 5.41) is 11.0. The second-order valence-corrected chi connectivity index (χ2v) is 8.46. The van der Waals surface area contributed by atoms with E-state index in [0.717, 1.165) is 61.3 Å². The number of aliphatic hydroxyl groups is 1. The summed E-state index contributed by atoms with van der Waals surface area (Å²) >= 11 is 0. The predicted molar refractivity (Wildman–Crippen MR) is 119 cm³/mol. The molecule has 5 heteroatoms. The summed E-state index contributed by atoms with van der Waals surface area (Å²) in [5.74, 6) is 1.09. The van der Waals surface area contributed by atoms with Crippen molar-refractivity contribution >= 4 is 22.4 Å². The standard InChI is InChI=1S/C25H28N2O3/c1-30-20-8-5-17(6-9-20)16-27-23-10-7-18(26-13-11-19(28)12-14-26)15-22(23)21-3-2-4-24(29)25(21)27/h5-10,15,19,28H,2-4,11-14,16H2,1H3. The van der Waals surface area contributed by atoms with E-state index in [1.54, 1.807) is 7.11 Å². The van der Waals surface area contributed by atoms with Gasteiger partial charge in [-0.05, 0) is 67.1 Å². The number of methoxy groups -OCH3 is 1. The van der Waals surface area contributed by atoms with Gasteiger partial charge in [0.05, 0.1) is 18.9 Å². The van der Waals surface area contributed by atoms with Gasteiger partial charge in [0.1, 0.15) is 5.75 Å². The molecule has 1 aromatic heterocycles. The third-order valence-corrected chi connectivity index (χ3v) is 6.58. The Morgan fingerprint density at radius 1 is 1.07 bits per heavy atom. The summed E-state index contributed by atoms with van der Waals surface area (Å²) in [7, 11) is 1.67. The number of carbonyl (C=O) groups excluding carboxylic acids is 1. The normalized spacial score (nSPS) is 17.4. The van der Waals surface area contributed by atoms with Gasteiger partial charge in [-0.25, -0.2) is 0 Å². The van der Waals surface area contributed by atoms with Crippen molar-refractivity contribution in [2.45, 2.75) is 44.8 Å². The van der Waals surface area contributed by atoms with E-state index in [0.29, 0.717) is 13.0 Å². The quantitative estimate of drug-likeness (QED) is 0.709. The molecule has 156 valence electrons. The van der Waals surface area contributed by atoms with Crippen LogP contribution in [0.3, 0.4) is 0 Å². The third-order valence-electron chi connectivity index (χ3n) is 6.58. The first-order valence-corrected chi connectivity index (χ1v) is 10.9. The summed E-state index contributed by atoms with van der Waals surface area (Å²) in [5.41, 5.74) is 5.57. The largest absolute Gasteiger partial charge is 0.497 e. The molecule has 1 saturated heterocycles. The number of nitrogens with zero attached hydrogens (tertiary/aromatic N) is 2. The Kier molecular flexibility index (Phi) is 4.99. The van der Waals surface area contributed by atoms with Gasteiger partial charge >= 0.3 is 0 Å². The van der Waals surface area contributed by atoms with Crippen molar-refractivity contribution < 1.29 is 14.6 Å². The van der Waals surface area contributed by atoms with Crippen molar-refractivity contribution in [1.82, 2.24) is 4.57 Å². The molecule has 0 radical (unpaired) electrons. The molecule has 1 aliphatic carbocycles. The van der Waals surface area contributed by atoms with Crippen molar-refractivity contribution in [1.29, 1.82) is 0 Å². The number of aromatic nitrogens is 1. The average Bonchev–Trinajstić information content (AvgIpc) is 3.09. The number of carbonyl (C=O) groups is 1. The van der Waals surface area contributed by atoms with Crippen molar-refractivity contribution in [3.63, 3.8) is 0 Å². The fraction of sp³-hybridized carbons (Fsp3) is 0.400. The minimum Gasteiger partial charge on any atom is -0.497 e. The Balaban J connectivity index is 1.57. The Labute approximate surface area is 176 Å². The minimum atomic E-state index is -0.180. The first kappa shape index (κ1) is 19.2. The van der Waals surface area contributed by atoms with Gasteiger partial charge in [-0.2, -0.15) is 0 Å². The number of Topliss-reactive ketones (excluding diaryl/α,β-unsaturated/α-hetero) is 1. The number of rotatable bonds is 4.